The Balaban J connectivity index is 1.49. The van der Waals surface area contributed by atoms with E-state index in [2.05, 4.69) is 46.5 Å². The van der Waals surface area contributed by atoms with Gasteiger partial charge in [-0.3, -0.25) is 0 Å². The Bertz CT molecular complexity index is 933. The second-order valence-corrected chi connectivity index (χ2v) is 7.21. The number of piperidine rings is 1. The van der Waals surface area contributed by atoms with Crippen LogP contribution in [0.15, 0.2) is 30.5 Å². The number of fused-ring (bicyclic) bond motifs is 2. The van der Waals surface area contributed by atoms with Crippen LogP contribution in [0.25, 0.3) is 22.3 Å². The molecule has 1 fully saturated rings. The van der Waals surface area contributed by atoms with E-state index in [-0.39, 0.29) is 0 Å². The van der Waals surface area contributed by atoms with Gasteiger partial charge in [0.25, 0.3) is 0 Å². The van der Waals surface area contributed by atoms with E-state index in [1.165, 1.54) is 11.1 Å². The highest BCUT2D eigenvalue weighted by molar-refractivity contribution is 5.82. The number of nitrogens with one attached hydrogen (secondary N) is 2. The zero-order valence-corrected chi connectivity index (χ0v) is 14.4. The largest absolute Gasteiger partial charge is 0.493 e. The molecule has 5 nitrogen and oxygen atoms in total. The summed E-state index contributed by atoms with van der Waals surface area (Å²) in [6.45, 7) is 4.06. The Morgan fingerprint density at radius 2 is 2.20 bits per heavy atom. The number of aromatic nitrogens is 3. The maximum Gasteiger partial charge on any atom is 0.132 e. The van der Waals surface area contributed by atoms with Crippen molar-refractivity contribution in [3.8, 4) is 17.0 Å². The van der Waals surface area contributed by atoms with Crippen molar-refractivity contribution in [1.82, 2.24) is 20.3 Å². The van der Waals surface area contributed by atoms with Crippen LogP contribution in [0.4, 0.5) is 0 Å². The van der Waals surface area contributed by atoms with Crippen molar-refractivity contribution >= 4 is 11.0 Å². The summed E-state index contributed by atoms with van der Waals surface area (Å²) in [5.41, 5.74) is 5.56. The molecule has 0 spiro atoms. The molecule has 2 atom stereocenters. The van der Waals surface area contributed by atoms with Gasteiger partial charge in [0.15, 0.2) is 0 Å². The number of nitrogens with zero attached hydrogens (tertiary/aromatic N) is 2. The molecule has 2 aliphatic heterocycles. The van der Waals surface area contributed by atoms with Crippen LogP contribution in [0.3, 0.4) is 0 Å². The first-order chi connectivity index (χ1) is 12.3. The van der Waals surface area contributed by atoms with E-state index in [4.69, 9.17) is 9.72 Å². The van der Waals surface area contributed by atoms with E-state index >= 15 is 0 Å². The summed E-state index contributed by atoms with van der Waals surface area (Å²) in [5.74, 6) is 2.45. The number of aromatic amines is 1. The van der Waals surface area contributed by atoms with Crippen LogP contribution in [0.5, 0.6) is 5.75 Å². The second kappa shape index (κ2) is 5.85. The van der Waals surface area contributed by atoms with Crippen LogP contribution in [-0.4, -0.2) is 34.1 Å². The molecule has 5 heteroatoms. The number of rotatable bonds is 2. The van der Waals surface area contributed by atoms with E-state index in [1.54, 1.807) is 0 Å². The van der Waals surface area contributed by atoms with Crippen molar-refractivity contribution < 1.29 is 4.74 Å². The smallest absolute Gasteiger partial charge is 0.132 e. The first-order valence-electron chi connectivity index (χ1n) is 9.11. The topological polar surface area (TPSA) is 62.8 Å². The average Bonchev–Trinajstić information content (AvgIpc) is 3.26. The summed E-state index contributed by atoms with van der Waals surface area (Å²) < 4.78 is 5.60. The van der Waals surface area contributed by atoms with Crippen LogP contribution in [0.1, 0.15) is 37.1 Å². The lowest BCUT2D eigenvalue weighted by Gasteiger charge is -2.26. The molecule has 2 unspecified atom stereocenters. The van der Waals surface area contributed by atoms with E-state index in [0.29, 0.717) is 12.0 Å². The number of benzene rings is 1. The lowest BCUT2D eigenvalue weighted by Crippen LogP contribution is -2.35. The Morgan fingerprint density at radius 3 is 3.12 bits per heavy atom. The van der Waals surface area contributed by atoms with Crippen molar-refractivity contribution in [1.29, 1.82) is 0 Å². The second-order valence-electron chi connectivity index (χ2n) is 7.21. The molecule has 4 heterocycles. The third kappa shape index (κ3) is 2.68. The maximum atomic E-state index is 5.60. The van der Waals surface area contributed by atoms with Gasteiger partial charge in [0.2, 0.25) is 0 Å². The summed E-state index contributed by atoms with van der Waals surface area (Å²) >= 11 is 0. The molecule has 1 aromatic carbocycles. The molecule has 0 radical (unpaired) electrons. The number of H-pyrrole nitrogens is 1. The summed E-state index contributed by atoms with van der Waals surface area (Å²) in [4.78, 5) is 13.0. The molecule has 25 heavy (non-hydrogen) atoms. The minimum Gasteiger partial charge on any atom is -0.493 e. The van der Waals surface area contributed by atoms with Crippen molar-refractivity contribution in [2.45, 2.75) is 38.1 Å². The molecule has 0 aliphatic carbocycles. The zero-order chi connectivity index (χ0) is 16.8. The molecular weight excluding hydrogens is 312 g/mol. The Hall–Kier alpha value is -2.40. The highest BCUT2D eigenvalue weighted by Crippen LogP contribution is 2.32. The molecule has 2 N–H and O–H groups in total. The maximum absolute atomic E-state index is 5.60. The van der Waals surface area contributed by atoms with Crippen LogP contribution in [-0.2, 0) is 6.42 Å². The van der Waals surface area contributed by atoms with Crippen molar-refractivity contribution in [2.75, 3.05) is 13.2 Å². The summed E-state index contributed by atoms with van der Waals surface area (Å²) in [7, 11) is 0. The van der Waals surface area contributed by atoms with Gasteiger partial charge in [0.05, 0.1) is 23.8 Å². The highest BCUT2D eigenvalue weighted by atomic mass is 16.5. The predicted molar refractivity (Wildman–Crippen MR) is 98.0 cm³/mol. The van der Waals surface area contributed by atoms with Gasteiger partial charge in [-0.1, -0.05) is 0 Å². The molecule has 3 aromatic rings. The van der Waals surface area contributed by atoms with Gasteiger partial charge in [-0.05, 0) is 61.7 Å². The molecule has 128 valence electrons. The minimum atomic E-state index is 0.455. The fourth-order valence-corrected chi connectivity index (χ4v) is 4.01. The van der Waals surface area contributed by atoms with E-state index < -0.39 is 0 Å². The predicted octanol–water partition coefficient (Wildman–Crippen LogP) is 3.42. The Kier molecular flexibility index (Phi) is 3.48. The van der Waals surface area contributed by atoms with Gasteiger partial charge >= 0.3 is 0 Å². The van der Waals surface area contributed by atoms with Gasteiger partial charge < -0.3 is 15.0 Å². The van der Waals surface area contributed by atoms with Crippen molar-refractivity contribution in [3.05, 3.63) is 41.9 Å². The molecule has 2 aliphatic rings. The molecule has 0 saturated carbocycles. The van der Waals surface area contributed by atoms with Crippen LogP contribution in [0.2, 0.25) is 0 Å². The lowest BCUT2D eigenvalue weighted by atomic mass is 9.92. The summed E-state index contributed by atoms with van der Waals surface area (Å²) in [6, 6.07) is 9.07. The molecule has 0 bridgehead atoms. The van der Waals surface area contributed by atoms with E-state index in [0.717, 1.165) is 60.7 Å². The molecule has 2 aromatic heterocycles. The van der Waals surface area contributed by atoms with E-state index in [9.17, 15) is 0 Å². The molecule has 5 rings (SSSR count). The van der Waals surface area contributed by atoms with Crippen molar-refractivity contribution in [2.24, 2.45) is 0 Å². The quantitative estimate of drug-likeness (QED) is 0.754. The van der Waals surface area contributed by atoms with Gasteiger partial charge in [-0.15, -0.1) is 0 Å². The molecule has 1 saturated heterocycles. The normalized spacial score (nSPS) is 22.8. The Labute approximate surface area is 146 Å². The fraction of sp³-hybridized carbons (Fsp3) is 0.400. The fourth-order valence-electron chi connectivity index (χ4n) is 4.01. The number of hydrogen-bond donors (Lipinski definition) is 2. The molecular formula is C20H22N4O. The van der Waals surface area contributed by atoms with Gasteiger partial charge in [0.1, 0.15) is 11.6 Å². The first-order valence-corrected chi connectivity index (χ1v) is 9.11. The van der Waals surface area contributed by atoms with Crippen LogP contribution >= 0.6 is 0 Å². The van der Waals surface area contributed by atoms with Gasteiger partial charge in [-0.2, -0.15) is 0 Å². The standard InChI is InChI=1S/C20H22N4O/c1-12-8-15(4-6-21-12)20-22-11-18-17(24-20)10-16(23-18)13-2-3-19-14(9-13)5-7-25-19/h2-3,9-12,15,21,23H,4-8H2,1H3. The minimum absolute atomic E-state index is 0.455. The first kappa shape index (κ1) is 14.9. The average molecular weight is 334 g/mol. The van der Waals surface area contributed by atoms with Crippen LogP contribution in [0, 0.1) is 0 Å². The number of hydrogen-bond acceptors (Lipinski definition) is 4. The summed E-state index contributed by atoms with van der Waals surface area (Å²) in [6.07, 6.45) is 5.14. The van der Waals surface area contributed by atoms with Gasteiger partial charge in [-0.25, -0.2) is 9.97 Å². The third-order valence-corrected chi connectivity index (χ3v) is 5.38. The summed E-state index contributed by atoms with van der Waals surface area (Å²) in [5, 5.41) is 3.49. The lowest BCUT2D eigenvalue weighted by molar-refractivity contribution is 0.357. The van der Waals surface area contributed by atoms with Gasteiger partial charge in [0, 0.05) is 24.1 Å². The molecule has 0 amide bonds. The van der Waals surface area contributed by atoms with Crippen molar-refractivity contribution in [3.63, 3.8) is 0 Å². The highest BCUT2D eigenvalue weighted by Gasteiger charge is 2.22. The zero-order valence-electron chi connectivity index (χ0n) is 14.4. The SMILES string of the molecule is CC1CC(c2ncc3[nH]c(-c4ccc5c(c4)CCO5)cc3n2)CCN1. The Morgan fingerprint density at radius 1 is 1.24 bits per heavy atom. The number of ether oxygens (including phenoxy) is 1. The monoisotopic (exact) mass is 334 g/mol. The van der Waals surface area contributed by atoms with Crippen LogP contribution < -0.4 is 10.1 Å². The van der Waals surface area contributed by atoms with E-state index in [1.807, 2.05) is 6.20 Å². The third-order valence-electron chi connectivity index (χ3n) is 5.38.